The Kier molecular flexibility index (Phi) is 5.83. The van der Waals surface area contributed by atoms with Crippen LogP contribution in [-0.4, -0.2) is 31.6 Å². The van der Waals surface area contributed by atoms with Crippen molar-refractivity contribution < 1.29 is 4.79 Å². The molecule has 0 aliphatic carbocycles. The maximum atomic E-state index is 12.1. The lowest BCUT2D eigenvalue weighted by Gasteiger charge is -2.24. The van der Waals surface area contributed by atoms with E-state index in [1.54, 1.807) is 17.4 Å². The molecule has 1 aromatic carbocycles. The Morgan fingerprint density at radius 2 is 2.14 bits per heavy atom. The first-order valence-corrected chi connectivity index (χ1v) is 8.29. The molecule has 0 bridgehead atoms. The van der Waals surface area contributed by atoms with Gasteiger partial charge in [-0.25, -0.2) is 4.79 Å². The topological polar surface area (TPSA) is 44.4 Å². The van der Waals surface area contributed by atoms with E-state index in [2.05, 4.69) is 27.0 Å². The van der Waals surface area contributed by atoms with Gasteiger partial charge in [0.15, 0.2) is 0 Å². The van der Waals surface area contributed by atoms with Crippen LogP contribution in [0.4, 0.5) is 10.5 Å². The van der Waals surface area contributed by atoms with E-state index in [0.29, 0.717) is 11.6 Å². The summed E-state index contributed by atoms with van der Waals surface area (Å²) in [5.74, 6) is 0. The Balaban J connectivity index is 1.96. The molecule has 1 heterocycles. The summed E-state index contributed by atoms with van der Waals surface area (Å²) in [6, 6.07) is 7.46. The first-order valence-electron chi connectivity index (χ1n) is 6.97. The number of nitrogens with one attached hydrogen (secondary N) is 2. The van der Waals surface area contributed by atoms with Crippen molar-refractivity contribution in [2.75, 3.05) is 26.0 Å². The lowest BCUT2D eigenvalue weighted by atomic mass is 10.1. The molecule has 0 aliphatic rings. The summed E-state index contributed by atoms with van der Waals surface area (Å²) in [4.78, 5) is 14.2. The van der Waals surface area contributed by atoms with Crippen molar-refractivity contribution in [1.29, 1.82) is 0 Å². The van der Waals surface area contributed by atoms with Crippen LogP contribution in [0, 0.1) is 6.92 Å². The van der Waals surface area contributed by atoms with Crippen LogP contribution in [0.1, 0.15) is 17.2 Å². The largest absolute Gasteiger partial charge is 0.336 e. The zero-order valence-corrected chi connectivity index (χ0v) is 14.5. The number of hydrogen-bond acceptors (Lipinski definition) is 3. The van der Waals surface area contributed by atoms with Gasteiger partial charge in [0.05, 0.1) is 6.04 Å². The predicted molar refractivity (Wildman–Crippen MR) is 94.0 cm³/mol. The van der Waals surface area contributed by atoms with Crippen LogP contribution >= 0.6 is 22.9 Å². The second-order valence-electron chi connectivity index (χ2n) is 5.28. The number of halogens is 1. The first-order chi connectivity index (χ1) is 10.5. The molecule has 0 saturated heterocycles. The minimum absolute atomic E-state index is 0.150. The van der Waals surface area contributed by atoms with Gasteiger partial charge in [0.1, 0.15) is 0 Å². The smallest absolute Gasteiger partial charge is 0.319 e. The SMILES string of the molecule is Cc1c(Cl)cccc1NC(=O)NC[C@H](c1ccsc1)N(C)C. The van der Waals surface area contributed by atoms with Gasteiger partial charge < -0.3 is 15.5 Å². The number of carbonyl (C=O) groups excluding carboxylic acids is 1. The lowest BCUT2D eigenvalue weighted by molar-refractivity contribution is 0.243. The molecule has 22 heavy (non-hydrogen) atoms. The minimum Gasteiger partial charge on any atom is -0.336 e. The molecule has 2 aromatic rings. The van der Waals surface area contributed by atoms with Crippen LogP contribution in [0.5, 0.6) is 0 Å². The summed E-state index contributed by atoms with van der Waals surface area (Å²) in [6.45, 7) is 2.42. The van der Waals surface area contributed by atoms with E-state index < -0.39 is 0 Å². The van der Waals surface area contributed by atoms with E-state index in [0.717, 1.165) is 11.3 Å². The average Bonchev–Trinajstić information content (AvgIpc) is 2.98. The van der Waals surface area contributed by atoms with Gasteiger partial charge in [-0.1, -0.05) is 17.7 Å². The number of anilines is 1. The summed E-state index contributed by atoms with van der Waals surface area (Å²) < 4.78 is 0. The third kappa shape index (κ3) is 4.22. The van der Waals surface area contributed by atoms with Gasteiger partial charge >= 0.3 is 6.03 Å². The summed E-state index contributed by atoms with van der Waals surface area (Å²) in [6.07, 6.45) is 0. The quantitative estimate of drug-likeness (QED) is 0.861. The van der Waals surface area contributed by atoms with Gasteiger partial charge in [0.25, 0.3) is 0 Å². The zero-order valence-electron chi connectivity index (χ0n) is 12.9. The van der Waals surface area contributed by atoms with Gasteiger partial charge in [-0.3, -0.25) is 0 Å². The van der Waals surface area contributed by atoms with Gasteiger partial charge in [-0.05, 0) is 61.1 Å². The maximum Gasteiger partial charge on any atom is 0.319 e. The Bertz CT molecular complexity index is 628. The fraction of sp³-hybridized carbons (Fsp3) is 0.312. The summed E-state index contributed by atoms with van der Waals surface area (Å²) >= 11 is 7.71. The van der Waals surface area contributed by atoms with Crippen molar-refractivity contribution in [3.05, 3.63) is 51.2 Å². The van der Waals surface area contributed by atoms with E-state index in [1.165, 1.54) is 5.56 Å². The van der Waals surface area contributed by atoms with Crippen LogP contribution in [0.3, 0.4) is 0 Å². The third-order valence-corrected chi connectivity index (χ3v) is 4.63. The molecule has 0 radical (unpaired) electrons. The standard InChI is InChI=1S/C16H20ClN3OS/c1-11-13(17)5-4-6-14(11)19-16(21)18-9-15(20(2)3)12-7-8-22-10-12/h4-8,10,15H,9H2,1-3H3,(H2,18,19,21)/t15-/m1/s1. The lowest BCUT2D eigenvalue weighted by Crippen LogP contribution is -2.36. The fourth-order valence-corrected chi connectivity index (χ4v) is 3.04. The molecule has 0 unspecified atom stereocenters. The third-order valence-electron chi connectivity index (χ3n) is 3.52. The van der Waals surface area contributed by atoms with E-state index in [1.807, 2.05) is 38.5 Å². The minimum atomic E-state index is -0.229. The van der Waals surface area contributed by atoms with Crippen molar-refractivity contribution in [3.8, 4) is 0 Å². The summed E-state index contributed by atoms with van der Waals surface area (Å²) in [5, 5.41) is 10.5. The highest BCUT2D eigenvalue weighted by Gasteiger charge is 2.16. The number of hydrogen-bond donors (Lipinski definition) is 2. The molecule has 1 aromatic heterocycles. The number of rotatable bonds is 5. The highest BCUT2D eigenvalue weighted by molar-refractivity contribution is 7.07. The van der Waals surface area contributed by atoms with Gasteiger partial charge in [-0.15, -0.1) is 0 Å². The predicted octanol–water partition coefficient (Wildman–Crippen LogP) is 4.13. The molecule has 4 nitrogen and oxygen atoms in total. The van der Waals surface area contributed by atoms with Crippen LogP contribution in [0.25, 0.3) is 0 Å². The Morgan fingerprint density at radius 3 is 2.77 bits per heavy atom. The normalized spacial score (nSPS) is 12.2. The van der Waals surface area contributed by atoms with Crippen molar-refractivity contribution >= 4 is 34.7 Å². The number of urea groups is 1. The number of benzene rings is 1. The highest BCUT2D eigenvalue weighted by Crippen LogP contribution is 2.23. The fourth-order valence-electron chi connectivity index (χ4n) is 2.16. The Hall–Kier alpha value is -1.56. The number of amides is 2. The molecule has 0 fully saturated rings. The molecule has 0 spiro atoms. The molecule has 6 heteroatoms. The van der Waals surface area contributed by atoms with Crippen LogP contribution in [-0.2, 0) is 0 Å². The molecule has 0 aliphatic heterocycles. The van der Waals surface area contributed by atoms with Gasteiger partial charge in [-0.2, -0.15) is 11.3 Å². The van der Waals surface area contributed by atoms with Gasteiger partial charge in [0.2, 0.25) is 0 Å². The highest BCUT2D eigenvalue weighted by atomic mass is 35.5. The van der Waals surface area contributed by atoms with E-state index in [9.17, 15) is 4.79 Å². The second kappa shape index (κ2) is 7.63. The maximum absolute atomic E-state index is 12.1. The van der Waals surface area contributed by atoms with Crippen molar-refractivity contribution in [2.45, 2.75) is 13.0 Å². The van der Waals surface area contributed by atoms with Gasteiger partial charge in [0, 0.05) is 17.3 Å². The Morgan fingerprint density at radius 1 is 1.36 bits per heavy atom. The summed E-state index contributed by atoms with van der Waals surface area (Å²) in [5.41, 5.74) is 2.79. The molecular weight excluding hydrogens is 318 g/mol. The van der Waals surface area contributed by atoms with Crippen LogP contribution < -0.4 is 10.6 Å². The average molecular weight is 338 g/mol. The number of nitrogens with zero attached hydrogens (tertiary/aromatic N) is 1. The molecule has 0 saturated carbocycles. The zero-order chi connectivity index (χ0) is 16.1. The van der Waals surface area contributed by atoms with Crippen LogP contribution in [0.2, 0.25) is 5.02 Å². The molecule has 2 rings (SSSR count). The van der Waals surface area contributed by atoms with Crippen molar-refractivity contribution in [2.24, 2.45) is 0 Å². The molecule has 118 valence electrons. The molecule has 1 atom stereocenters. The van der Waals surface area contributed by atoms with E-state index in [4.69, 9.17) is 11.6 Å². The van der Waals surface area contributed by atoms with E-state index in [-0.39, 0.29) is 12.1 Å². The monoisotopic (exact) mass is 337 g/mol. The molecular formula is C16H20ClN3OS. The first kappa shape index (κ1) is 16.8. The number of likely N-dealkylation sites (N-methyl/N-ethyl adjacent to an activating group) is 1. The number of thiophene rings is 1. The van der Waals surface area contributed by atoms with E-state index >= 15 is 0 Å². The molecule has 2 amide bonds. The number of carbonyl (C=O) groups is 1. The molecule has 2 N–H and O–H groups in total. The summed E-state index contributed by atoms with van der Waals surface area (Å²) in [7, 11) is 4.01. The van der Waals surface area contributed by atoms with Crippen LogP contribution in [0.15, 0.2) is 35.0 Å². The second-order valence-corrected chi connectivity index (χ2v) is 6.47. The van der Waals surface area contributed by atoms with Crippen molar-refractivity contribution in [3.63, 3.8) is 0 Å². The Labute approximate surface area is 140 Å². The van der Waals surface area contributed by atoms with Crippen molar-refractivity contribution in [1.82, 2.24) is 10.2 Å².